The third kappa shape index (κ3) is 4.84. The van der Waals surface area contributed by atoms with E-state index in [1.54, 1.807) is 0 Å². The van der Waals surface area contributed by atoms with Crippen LogP contribution in [0, 0.1) is 5.92 Å². The third-order valence-electron chi connectivity index (χ3n) is 2.75. The van der Waals surface area contributed by atoms with Gasteiger partial charge in [0.15, 0.2) is 0 Å². The van der Waals surface area contributed by atoms with Gasteiger partial charge in [0.05, 0.1) is 0 Å². The molecule has 2 unspecified atom stereocenters. The van der Waals surface area contributed by atoms with Crippen molar-refractivity contribution in [1.29, 1.82) is 0 Å². The van der Waals surface area contributed by atoms with Crippen LogP contribution in [0.25, 0.3) is 0 Å². The molecule has 1 rings (SSSR count). The van der Waals surface area contributed by atoms with Crippen LogP contribution in [0.2, 0.25) is 0 Å². The molecule has 1 fully saturated rings. The molecule has 1 amide bonds. The van der Waals surface area contributed by atoms with Gasteiger partial charge in [-0.15, -0.1) is 0 Å². The summed E-state index contributed by atoms with van der Waals surface area (Å²) in [5.74, 6) is 0.685. The van der Waals surface area contributed by atoms with Crippen molar-refractivity contribution < 1.29 is 9.53 Å². The molecule has 0 aromatic heterocycles. The lowest BCUT2D eigenvalue weighted by Crippen LogP contribution is -2.38. The highest BCUT2D eigenvalue weighted by Crippen LogP contribution is 2.25. The molecule has 4 heteroatoms. The number of alkyl carbamates (subject to hydrolysis) is 1. The van der Waals surface area contributed by atoms with Crippen LogP contribution in [0.4, 0.5) is 4.79 Å². The van der Waals surface area contributed by atoms with Crippen LogP contribution < -0.4 is 10.6 Å². The van der Waals surface area contributed by atoms with Gasteiger partial charge in [0.1, 0.15) is 5.60 Å². The van der Waals surface area contributed by atoms with E-state index in [2.05, 4.69) is 10.6 Å². The first-order valence-electron chi connectivity index (χ1n) is 6.05. The largest absolute Gasteiger partial charge is 0.444 e. The van der Waals surface area contributed by atoms with Crippen LogP contribution >= 0.6 is 0 Å². The molecule has 0 spiro atoms. The van der Waals surface area contributed by atoms with Gasteiger partial charge in [0.2, 0.25) is 0 Å². The molecule has 1 aliphatic rings. The van der Waals surface area contributed by atoms with Crippen LogP contribution in [0.3, 0.4) is 0 Å². The molecule has 94 valence electrons. The van der Waals surface area contributed by atoms with Gasteiger partial charge in [-0.05, 0) is 59.5 Å². The number of rotatable bonds is 3. The van der Waals surface area contributed by atoms with Crippen LogP contribution in [0.1, 0.15) is 40.0 Å². The molecular formula is C12H24N2O2. The highest BCUT2D eigenvalue weighted by molar-refractivity contribution is 5.68. The fourth-order valence-electron chi connectivity index (χ4n) is 2.15. The first-order valence-corrected chi connectivity index (χ1v) is 6.05. The van der Waals surface area contributed by atoms with E-state index >= 15 is 0 Å². The second-order valence-electron chi connectivity index (χ2n) is 5.58. The number of carbonyl (C=O) groups is 1. The van der Waals surface area contributed by atoms with Crippen LogP contribution in [0.5, 0.6) is 0 Å². The zero-order chi connectivity index (χ0) is 12.2. The Morgan fingerprint density at radius 1 is 1.38 bits per heavy atom. The first kappa shape index (κ1) is 13.3. The molecular weight excluding hydrogens is 204 g/mol. The lowest BCUT2D eigenvalue weighted by molar-refractivity contribution is 0.0504. The smallest absolute Gasteiger partial charge is 0.407 e. The second-order valence-corrected chi connectivity index (χ2v) is 5.58. The third-order valence-corrected chi connectivity index (χ3v) is 2.75. The van der Waals surface area contributed by atoms with E-state index in [1.807, 2.05) is 27.8 Å². The van der Waals surface area contributed by atoms with Crippen molar-refractivity contribution in [3.05, 3.63) is 0 Å². The van der Waals surface area contributed by atoms with Crippen LogP contribution in [-0.4, -0.2) is 31.3 Å². The summed E-state index contributed by atoms with van der Waals surface area (Å²) in [6.07, 6.45) is 3.01. The Morgan fingerprint density at radius 2 is 2.06 bits per heavy atom. The molecule has 2 N–H and O–H groups in total. The summed E-state index contributed by atoms with van der Waals surface area (Å²) < 4.78 is 5.23. The van der Waals surface area contributed by atoms with Crippen LogP contribution in [-0.2, 0) is 4.74 Å². The average molecular weight is 228 g/mol. The molecule has 0 aromatic rings. The Morgan fingerprint density at radius 3 is 2.62 bits per heavy atom. The predicted octanol–water partition coefficient (Wildman–Crippen LogP) is 1.90. The van der Waals surface area contributed by atoms with Gasteiger partial charge in [0.25, 0.3) is 0 Å². The van der Waals surface area contributed by atoms with Crippen molar-refractivity contribution in [3.8, 4) is 0 Å². The van der Waals surface area contributed by atoms with Gasteiger partial charge in [-0.3, -0.25) is 0 Å². The fraction of sp³-hybridized carbons (Fsp3) is 0.917. The van der Waals surface area contributed by atoms with Crippen molar-refractivity contribution in [3.63, 3.8) is 0 Å². The standard InChI is InChI=1S/C12H24N2O2/c1-12(2,3)16-11(15)14-10-6-5-9(7-10)8-13-4/h9-10,13H,5-8H2,1-4H3,(H,14,15). The van der Waals surface area contributed by atoms with Crippen LogP contribution in [0.15, 0.2) is 0 Å². The normalized spacial score (nSPS) is 25.5. The fourth-order valence-corrected chi connectivity index (χ4v) is 2.15. The average Bonchev–Trinajstić information content (AvgIpc) is 2.49. The minimum absolute atomic E-state index is 0.285. The van der Waals surface area contributed by atoms with E-state index in [-0.39, 0.29) is 12.1 Å². The van der Waals surface area contributed by atoms with Gasteiger partial charge in [-0.1, -0.05) is 0 Å². The first-order chi connectivity index (χ1) is 7.40. The van der Waals surface area contributed by atoms with Crippen molar-refractivity contribution >= 4 is 6.09 Å². The summed E-state index contributed by atoms with van der Waals surface area (Å²) in [6.45, 7) is 6.67. The quantitative estimate of drug-likeness (QED) is 0.775. The van der Waals surface area contributed by atoms with Crippen molar-refractivity contribution in [1.82, 2.24) is 10.6 Å². The minimum atomic E-state index is -0.410. The predicted molar refractivity (Wildman–Crippen MR) is 64.4 cm³/mol. The SMILES string of the molecule is CNCC1CCC(NC(=O)OC(C)(C)C)C1. The topological polar surface area (TPSA) is 50.4 Å². The molecule has 0 aromatic carbocycles. The Balaban J connectivity index is 2.26. The van der Waals surface area contributed by atoms with E-state index < -0.39 is 5.60 Å². The summed E-state index contributed by atoms with van der Waals surface area (Å²) in [7, 11) is 1.97. The summed E-state index contributed by atoms with van der Waals surface area (Å²) in [5, 5.41) is 6.11. The molecule has 1 aliphatic carbocycles. The summed E-state index contributed by atoms with van der Waals surface area (Å²) in [6, 6.07) is 0.285. The molecule has 0 aliphatic heterocycles. The maximum Gasteiger partial charge on any atom is 0.407 e. The minimum Gasteiger partial charge on any atom is -0.444 e. The highest BCUT2D eigenvalue weighted by atomic mass is 16.6. The Labute approximate surface area is 98.1 Å². The van der Waals surface area contributed by atoms with Gasteiger partial charge in [-0.2, -0.15) is 0 Å². The van der Waals surface area contributed by atoms with Crippen molar-refractivity contribution in [2.45, 2.75) is 51.7 Å². The molecule has 0 saturated heterocycles. The van der Waals surface area contributed by atoms with Gasteiger partial charge in [0, 0.05) is 6.04 Å². The second kappa shape index (κ2) is 5.53. The molecule has 0 heterocycles. The Bertz CT molecular complexity index is 236. The monoisotopic (exact) mass is 228 g/mol. The number of carbonyl (C=O) groups excluding carboxylic acids is 1. The lowest BCUT2D eigenvalue weighted by atomic mass is 10.1. The van der Waals surface area contributed by atoms with Crippen molar-refractivity contribution in [2.75, 3.05) is 13.6 Å². The lowest BCUT2D eigenvalue weighted by Gasteiger charge is -2.21. The van der Waals surface area contributed by atoms with E-state index in [1.165, 1.54) is 6.42 Å². The molecule has 1 saturated carbocycles. The van der Waals surface area contributed by atoms with Gasteiger partial charge < -0.3 is 15.4 Å². The maximum absolute atomic E-state index is 11.5. The summed E-state index contributed by atoms with van der Waals surface area (Å²) >= 11 is 0. The summed E-state index contributed by atoms with van der Waals surface area (Å²) in [4.78, 5) is 11.5. The van der Waals surface area contributed by atoms with Gasteiger partial charge >= 0.3 is 6.09 Å². The number of nitrogens with one attached hydrogen (secondary N) is 2. The Kier molecular flexibility index (Phi) is 4.59. The zero-order valence-electron chi connectivity index (χ0n) is 10.8. The van der Waals surface area contributed by atoms with Gasteiger partial charge in [-0.25, -0.2) is 4.79 Å². The van der Waals surface area contributed by atoms with E-state index in [0.717, 1.165) is 19.4 Å². The molecule has 0 radical (unpaired) electrons. The number of ether oxygens (including phenoxy) is 1. The maximum atomic E-state index is 11.5. The highest BCUT2D eigenvalue weighted by Gasteiger charge is 2.26. The van der Waals surface area contributed by atoms with Crippen molar-refractivity contribution in [2.24, 2.45) is 5.92 Å². The molecule has 4 nitrogen and oxygen atoms in total. The molecule has 16 heavy (non-hydrogen) atoms. The van der Waals surface area contributed by atoms with E-state index in [0.29, 0.717) is 5.92 Å². The van der Waals surface area contributed by atoms with E-state index in [4.69, 9.17) is 4.74 Å². The zero-order valence-corrected chi connectivity index (χ0v) is 10.8. The number of hydrogen-bond donors (Lipinski definition) is 2. The molecule has 2 atom stereocenters. The number of hydrogen-bond acceptors (Lipinski definition) is 3. The summed E-state index contributed by atoms with van der Waals surface area (Å²) in [5.41, 5.74) is -0.410. The molecule has 0 bridgehead atoms. The van der Waals surface area contributed by atoms with E-state index in [9.17, 15) is 4.79 Å². The number of amides is 1. The Hall–Kier alpha value is -0.770.